The molecule has 0 spiro atoms. The number of hydrogen-bond acceptors (Lipinski definition) is 7. The number of halogens is 1. The first-order chi connectivity index (χ1) is 16.7. The van der Waals surface area contributed by atoms with Gasteiger partial charge in [0.25, 0.3) is 0 Å². The number of esters is 1. The standard InChI is InChI=1S/C26H31ClN4O4/c1-6-33-24(32)14-29-13-19-15-31(5)25-20(8-7-9-21(19)25)17(4)30-26(35-28)18-10-11-23(22(27)12-18)34-16(2)3/h7-12,15-16,29H,4,6,13-14,28H2,1-3,5H3/b30-26-. The Morgan fingerprint density at radius 3 is 2.71 bits per heavy atom. The van der Waals surface area contributed by atoms with Crippen LogP contribution < -0.4 is 16.0 Å². The van der Waals surface area contributed by atoms with Crippen LogP contribution in [0.15, 0.2) is 54.2 Å². The molecule has 0 radical (unpaired) electrons. The van der Waals surface area contributed by atoms with Crippen LogP contribution in [0.1, 0.15) is 37.5 Å². The van der Waals surface area contributed by atoms with Crippen molar-refractivity contribution >= 4 is 40.1 Å². The zero-order valence-corrected chi connectivity index (χ0v) is 21.2. The maximum absolute atomic E-state index is 11.6. The predicted octanol–water partition coefficient (Wildman–Crippen LogP) is 4.58. The van der Waals surface area contributed by atoms with Gasteiger partial charge in [0, 0.05) is 36.3 Å². The van der Waals surface area contributed by atoms with Crippen molar-refractivity contribution in [1.82, 2.24) is 9.88 Å². The van der Waals surface area contributed by atoms with Gasteiger partial charge in [0.15, 0.2) is 0 Å². The minimum atomic E-state index is -0.283. The van der Waals surface area contributed by atoms with E-state index in [0.29, 0.717) is 35.2 Å². The number of fused-ring (bicyclic) bond motifs is 1. The number of carbonyl (C=O) groups is 1. The molecule has 0 fully saturated rings. The Hall–Kier alpha value is -3.33. The molecule has 3 N–H and O–H groups in total. The molecule has 9 heteroatoms. The summed E-state index contributed by atoms with van der Waals surface area (Å²) in [5, 5.41) is 4.57. The Kier molecular flexibility index (Phi) is 8.92. The lowest BCUT2D eigenvalue weighted by Gasteiger charge is -2.13. The number of rotatable bonds is 10. The van der Waals surface area contributed by atoms with E-state index in [1.54, 1.807) is 25.1 Å². The molecule has 0 atom stereocenters. The summed E-state index contributed by atoms with van der Waals surface area (Å²) < 4.78 is 12.7. The van der Waals surface area contributed by atoms with Gasteiger partial charge in [-0.25, -0.2) is 4.99 Å². The van der Waals surface area contributed by atoms with Gasteiger partial charge in [0.1, 0.15) is 5.75 Å². The minimum Gasteiger partial charge on any atom is -0.489 e. The summed E-state index contributed by atoms with van der Waals surface area (Å²) >= 11 is 6.37. The molecule has 0 saturated heterocycles. The number of carbonyl (C=O) groups excluding carboxylic acids is 1. The van der Waals surface area contributed by atoms with Gasteiger partial charge in [-0.2, -0.15) is 5.90 Å². The Bertz CT molecular complexity index is 1250. The summed E-state index contributed by atoms with van der Waals surface area (Å²) in [6.45, 7) is 10.8. The first kappa shape index (κ1) is 26.3. The molecule has 0 saturated carbocycles. The van der Waals surface area contributed by atoms with Gasteiger partial charge < -0.3 is 24.2 Å². The van der Waals surface area contributed by atoms with Crippen LogP contribution in [0, 0.1) is 0 Å². The summed E-state index contributed by atoms with van der Waals surface area (Å²) in [5.41, 5.74) is 3.87. The van der Waals surface area contributed by atoms with E-state index in [0.717, 1.165) is 22.0 Å². The molecule has 0 aliphatic rings. The summed E-state index contributed by atoms with van der Waals surface area (Å²) in [4.78, 5) is 21.3. The van der Waals surface area contributed by atoms with Crippen LogP contribution in [0.4, 0.5) is 0 Å². The van der Waals surface area contributed by atoms with Crippen molar-refractivity contribution in [3.8, 4) is 5.75 Å². The zero-order valence-electron chi connectivity index (χ0n) is 20.4. The van der Waals surface area contributed by atoms with E-state index in [1.807, 2.05) is 49.9 Å². The third kappa shape index (κ3) is 6.42. The fraction of sp³-hybridized carbons (Fsp3) is 0.308. The lowest BCUT2D eigenvalue weighted by Crippen LogP contribution is -2.24. The highest BCUT2D eigenvalue weighted by Crippen LogP contribution is 2.30. The molecule has 2 aromatic carbocycles. The lowest BCUT2D eigenvalue weighted by molar-refractivity contribution is -0.142. The minimum absolute atomic E-state index is 0.00643. The summed E-state index contributed by atoms with van der Waals surface area (Å²) in [6.07, 6.45) is 2.00. The van der Waals surface area contributed by atoms with Gasteiger partial charge in [-0.3, -0.25) is 4.79 Å². The topological polar surface area (TPSA) is 100 Å². The van der Waals surface area contributed by atoms with Gasteiger partial charge >= 0.3 is 5.97 Å². The maximum Gasteiger partial charge on any atom is 0.319 e. The Morgan fingerprint density at radius 1 is 1.29 bits per heavy atom. The van der Waals surface area contributed by atoms with Crippen molar-refractivity contribution in [2.75, 3.05) is 13.2 Å². The SMILES string of the molecule is C=C(/N=C(\ON)c1ccc(OC(C)C)c(Cl)c1)c1cccc2c(CNCC(=O)OCC)cn(C)c12. The van der Waals surface area contributed by atoms with Gasteiger partial charge in [-0.1, -0.05) is 36.4 Å². The number of aliphatic imine (C=N–C) groups is 1. The Morgan fingerprint density at radius 2 is 2.06 bits per heavy atom. The van der Waals surface area contributed by atoms with Crippen molar-refractivity contribution < 1.29 is 19.1 Å². The van der Waals surface area contributed by atoms with Crippen LogP contribution >= 0.6 is 11.6 Å². The predicted molar refractivity (Wildman–Crippen MR) is 139 cm³/mol. The van der Waals surface area contributed by atoms with E-state index in [1.165, 1.54) is 0 Å². The van der Waals surface area contributed by atoms with Crippen LogP contribution in [-0.2, 0) is 28.0 Å². The number of nitrogens with two attached hydrogens (primary N) is 1. The van der Waals surface area contributed by atoms with Crippen molar-refractivity contribution in [1.29, 1.82) is 0 Å². The largest absolute Gasteiger partial charge is 0.489 e. The van der Waals surface area contributed by atoms with Gasteiger partial charge in [0.05, 0.1) is 35.5 Å². The number of ether oxygens (including phenoxy) is 2. The number of para-hydroxylation sites is 1. The summed E-state index contributed by atoms with van der Waals surface area (Å²) in [6, 6.07) is 11.1. The van der Waals surface area contributed by atoms with Gasteiger partial charge in [-0.15, -0.1) is 0 Å². The number of benzene rings is 2. The zero-order chi connectivity index (χ0) is 25.5. The summed E-state index contributed by atoms with van der Waals surface area (Å²) in [7, 11) is 1.95. The molecule has 3 rings (SSSR count). The monoisotopic (exact) mass is 498 g/mol. The van der Waals surface area contributed by atoms with E-state index in [-0.39, 0.29) is 24.5 Å². The second-order valence-corrected chi connectivity index (χ2v) is 8.58. The fourth-order valence-electron chi connectivity index (χ4n) is 3.76. The van der Waals surface area contributed by atoms with Gasteiger partial charge in [0.2, 0.25) is 5.90 Å². The summed E-state index contributed by atoms with van der Waals surface area (Å²) in [5.74, 6) is 6.01. The number of nitrogens with zero attached hydrogens (tertiary/aromatic N) is 2. The number of hydrogen-bond donors (Lipinski definition) is 2. The average Bonchev–Trinajstić information content (AvgIpc) is 3.14. The maximum atomic E-state index is 11.6. The smallest absolute Gasteiger partial charge is 0.319 e. The molecule has 0 bridgehead atoms. The molecule has 1 aromatic heterocycles. The first-order valence-electron chi connectivity index (χ1n) is 11.3. The Balaban J connectivity index is 1.88. The quantitative estimate of drug-likeness (QED) is 0.184. The first-order valence-corrected chi connectivity index (χ1v) is 11.7. The van der Waals surface area contributed by atoms with Crippen LogP contribution in [0.5, 0.6) is 5.75 Å². The second-order valence-electron chi connectivity index (χ2n) is 8.17. The molecular weight excluding hydrogens is 468 g/mol. The third-order valence-electron chi connectivity index (χ3n) is 5.17. The normalized spacial score (nSPS) is 11.7. The number of aromatic nitrogens is 1. The second kappa shape index (κ2) is 11.9. The molecule has 3 aromatic rings. The van der Waals surface area contributed by atoms with E-state index in [4.69, 9.17) is 31.8 Å². The van der Waals surface area contributed by atoms with Crippen molar-refractivity contribution in [2.45, 2.75) is 33.4 Å². The van der Waals surface area contributed by atoms with Crippen molar-refractivity contribution in [3.05, 3.63) is 70.9 Å². The van der Waals surface area contributed by atoms with Crippen molar-refractivity contribution in [3.63, 3.8) is 0 Å². The molecular formula is C26H31ClN4O4. The Labute approximate surface area is 210 Å². The lowest BCUT2D eigenvalue weighted by atomic mass is 10.1. The molecule has 0 aliphatic carbocycles. The van der Waals surface area contributed by atoms with Crippen LogP contribution in [-0.4, -0.2) is 35.7 Å². The fourth-order valence-corrected chi connectivity index (χ4v) is 3.99. The van der Waals surface area contributed by atoms with E-state index >= 15 is 0 Å². The van der Waals surface area contributed by atoms with Crippen LogP contribution in [0.25, 0.3) is 16.6 Å². The number of nitrogens with one attached hydrogen (secondary N) is 1. The molecule has 0 aliphatic heterocycles. The number of aryl methyl sites for hydroxylation is 1. The van der Waals surface area contributed by atoms with E-state index in [9.17, 15) is 4.79 Å². The molecule has 35 heavy (non-hydrogen) atoms. The highest BCUT2D eigenvalue weighted by atomic mass is 35.5. The third-order valence-corrected chi connectivity index (χ3v) is 5.47. The average molecular weight is 499 g/mol. The van der Waals surface area contributed by atoms with Crippen LogP contribution in [0.2, 0.25) is 5.02 Å². The molecule has 8 nitrogen and oxygen atoms in total. The molecule has 0 unspecified atom stereocenters. The molecule has 0 amide bonds. The van der Waals surface area contributed by atoms with Crippen LogP contribution in [0.3, 0.4) is 0 Å². The highest BCUT2D eigenvalue weighted by molar-refractivity contribution is 6.32. The molecule has 1 heterocycles. The van der Waals surface area contributed by atoms with E-state index in [2.05, 4.69) is 16.9 Å². The molecule has 186 valence electrons. The van der Waals surface area contributed by atoms with Gasteiger partial charge in [-0.05, 0) is 44.5 Å². The van der Waals surface area contributed by atoms with E-state index < -0.39 is 0 Å². The van der Waals surface area contributed by atoms with Crippen molar-refractivity contribution in [2.24, 2.45) is 17.9 Å². The highest BCUT2D eigenvalue weighted by Gasteiger charge is 2.15.